The van der Waals surface area contributed by atoms with E-state index in [9.17, 15) is 13.2 Å². The molecule has 0 spiro atoms. The first-order valence-corrected chi connectivity index (χ1v) is 10.3. The molecular formula is C18H27N3O4S. The van der Waals surface area contributed by atoms with Crippen molar-refractivity contribution in [2.24, 2.45) is 5.73 Å². The quantitative estimate of drug-likeness (QED) is 0.631. The molecule has 0 radical (unpaired) electrons. The number of nitrogens with two attached hydrogens (primary N) is 1. The third-order valence-corrected chi connectivity index (χ3v) is 5.80. The van der Waals surface area contributed by atoms with Crippen LogP contribution in [0.5, 0.6) is 5.75 Å². The molecule has 1 aliphatic heterocycles. The van der Waals surface area contributed by atoms with Crippen molar-refractivity contribution >= 4 is 15.9 Å². The van der Waals surface area contributed by atoms with Gasteiger partial charge in [0.1, 0.15) is 5.75 Å². The molecule has 7 nitrogen and oxygen atoms in total. The highest BCUT2D eigenvalue weighted by Gasteiger charge is 2.25. The van der Waals surface area contributed by atoms with E-state index >= 15 is 0 Å². The summed E-state index contributed by atoms with van der Waals surface area (Å²) in [7, 11) is -3.73. The second kappa shape index (κ2) is 9.16. The molecule has 1 saturated heterocycles. The number of primary amides is 1. The van der Waals surface area contributed by atoms with Gasteiger partial charge in [-0.2, -0.15) is 0 Å². The van der Waals surface area contributed by atoms with Crippen molar-refractivity contribution in [3.05, 3.63) is 36.4 Å². The lowest BCUT2D eigenvalue weighted by molar-refractivity contribution is 0.0996. The molecule has 3 N–H and O–H groups in total. The Hall–Kier alpha value is -1.90. The number of piperidine rings is 1. The molecule has 1 fully saturated rings. The lowest BCUT2D eigenvalue weighted by atomic mass is 10.1. The van der Waals surface area contributed by atoms with Crippen LogP contribution in [0.15, 0.2) is 35.7 Å². The lowest BCUT2D eigenvalue weighted by Gasteiger charge is -2.31. The predicted octanol–water partition coefficient (Wildman–Crippen LogP) is 1.50. The number of nitrogens with zero attached hydrogens (tertiary/aromatic N) is 1. The number of benzene rings is 1. The van der Waals surface area contributed by atoms with E-state index in [4.69, 9.17) is 10.5 Å². The molecule has 1 heterocycles. The fraction of sp³-hybridized carbons (Fsp3) is 0.500. The van der Waals surface area contributed by atoms with Gasteiger partial charge >= 0.3 is 0 Å². The zero-order valence-electron chi connectivity index (χ0n) is 15.1. The molecule has 0 saturated carbocycles. The number of rotatable bonds is 9. The van der Waals surface area contributed by atoms with Crippen LogP contribution in [0, 0.1) is 0 Å². The van der Waals surface area contributed by atoms with Crippen LogP contribution >= 0.6 is 0 Å². The first-order chi connectivity index (χ1) is 12.4. The van der Waals surface area contributed by atoms with E-state index < -0.39 is 15.9 Å². The standard InChI is InChI=1S/C18H27N3O4S/c1-3-9-21-10-7-14(8-11-21)20-26(23,24)15-5-6-17(25-12-4-2)16(13-15)18(19)22/h3,5-6,13-14,20H,1,4,7-12H2,2H3,(H2,19,22). The van der Waals surface area contributed by atoms with Gasteiger partial charge in [0.2, 0.25) is 10.0 Å². The lowest BCUT2D eigenvalue weighted by Crippen LogP contribution is -2.44. The smallest absolute Gasteiger partial charge is 0.252 e. The van der Waals surface area contributed by atoms with Crippen LogP contribution in [0.1, 0.15) is 36.5 Å². The summed E-state index contributed by atoms with van der Waals surface area (Å²) in [4.78, 5) is 13.9. The number of sulfonamides is 1. The second-order valence-electron chi connectivity index (χ2n) is 6.36. The van der Waals surface area contributed by atoms with Gasteiger partial charge in [0.25, 0.3) is 5.91 Å². The van der Waals surface area contributed by atoms with Crippen molar-refractivity contribution in [1.82, 2.24) is 9.62 Å². The first-order valence-electron chi connectivity index (χ1n) is 8.79. The van der Waals surface area contributed by atoms with Crippen LogP contribution in [0.25, 0.3) is 0 Å². The topological polar surface area (TPSA) is 102 Å². The van der Waals surface area contributed by atoms with Crippen molar-refractivity contribution in [2.45, 2.75) is 37.1 Å². The van der Waals surface area contributed by atoms with Gasteiger partial charge in [-0.1, -0.05) is 13.0 Å². The highest BCUT2D eigenvalue weighted by molar-refractivity contribution is 7.89. The number of likely N-dealkylation sites (tertiary alicyclic amines) is 1. The van der Waals surface area contributed by atoms with Crippen molar-refractivity contribution in [3.63, 3.8) is 0 Å². The van der Waals surface area contributed by atoms with E-state index in [2.05, 4.69) is 16.2 Å². The summed E-state index contributed by atoms with van der Waals surface area (Å²) in [6.45, 7) is 8.52. The molecule has 0 aliphatic carbocycles. The summed E-state index contributed by atoms with van der Waals surface area (Å²) in [6, 6.07) is 4.07. The highest BCUT2D eigenvalue weighted by atomic mass is 32.2. The molecule has 2 rings (SSSR count). The Bertz CT molecular complexity index is 741. The summed E-state index contributed by atoms with van der Waals surface area (Å²) in [5, 5.41) is 0. The maximum atomic E-state index is 12.7. The Balaban J connectivity index is 2.12. The predicted molar refractivity (Wildman–Crippen MR) is 101 cm³/mol. The monoisotopic (exact) mass is 381 g/mol. The van der Waals surface area contributed by atoms with Crippen LogP contribution in [0.4, 0.5) is 0 Å². The van der Waals surface area contributed by atoms with Crippen LogP contribution in [0.2, 0.25) is 0 Å². The van der Waals surface area contributed by atoms with Crippen LogP contribution < -0.4 is 15.2 Å². The summed E-state index contributed by atoms with van der Waals surface area (Å²) in [5.74, 6) is -0.415. The maximum absolute atomic E-state index is 12.7. The van der Waals surface area contributed by atoms with E-state index in [1.807, 2.05) is 13.0 Å². The van der Waals surface area contributed by atoms with Gasteiger partial charge in [0.15, 0.2) is 0 Å². The molecule has 0 bridgehead atoms. The zero-order valence-corrected chi connectivity index (χ0v) is 15.9. The molecule has 1 aromatic rings. The minimum atomic E-state index is -3.73. The van der Waals surface area contributed by atoms with Gasteiger partial charge in [0, 0.05) is 12.6 Å². The van der Waals surface area contributed by atoms with Gasteiger partial charge < -0.3 is 10.5 Å². The number of carbonyl (C=O) groups excluding carboxylic acids is 1. The Kier molecular flexibility index (Phi) is 7.19. The molecular weight excluding hydrogens is 354 g/mol. The van der Waals surface area contributed by atoms with Crippen molar-refractivity contribution in [2.75, 3.05) is 26.2 Å². The van der Waals surface area contributed by atoms with E-state index in [1.54, 1.807) is 0 Å². The molecule has 26 heavy (non-hydrogen) atoms. The maximum Gasteiger partial charge on any atom is 0.252 e. The molecule has 144 valence electrons. The Morgan fingerprint density at radius 1 is 1.42 bits per heavy atom. The number of ether oxygens (including phenoxy) is 1. The second-order valence-corrected chi connectivity index (χ2v) is 8.07. The Morgan fingerprint density at radius 2 is 2.12 bits per heavy atom. The van der Waals surface area contributed by atoms with Gasteiger partial charge in [-0.25, -0.2) is 13.1 Å². The zero-order chi connectivity index (χ0) is 19.2. The van der Waals surface area contributed by atoms with Gasteiger partial charge in [-0.3, -0.25) is 9.69 Å². The van der Waals surface area contributed by atoms with E-state index in [0.29, 0.717) is 12.4 Å². The van der Waals surface area contributed by atoms with Crippen LogP contribution in [-0.4, -0.2) is 51.5 Å². The largest absolute Gasteiger partial charge is 0.493 e. The number of hydrogen-bond acceptors (Lipinski definition) is 5. The number of amides is 1. The SMILES string of the molecule is C=CCN1CCC(NS(=O)(=O)c2ccc(OCCC)c(C(N)=O)c2)CC1. The number of nitrogens with one attached hydrogen (secondary N) is 1. The molecule has 8 heteroatoms. The molecule has 0 unspecified atom stereocenters. The third kappa shape index (κ3) is 5.30. The minimum Gasteiger partial charge on any atom is -0.493 e. The normalized spacial score (nSPS) is 16.3. The van der Waals surface area contributed by atoms with Crippen molar-refractivity contribution < 1.29 is 17.9 Å². The van der Waals surface area contributed by atoms with Crippen LogP contribution in [0.3, 0.4) is 0 Å². The Morgan fingerprint density at radius 3 is 2.69 bits per heavy atom. The molecule has 0 atom stereocenters. The highest BCUT2D eigenvalue weighted by Crippen LogP contribution is 2.23. The number of carbonyl (C=O) groups is 1. The molecule has 1 amide bonds. The van der Waals surface area contributed by atoms with Gasteiger partial charge in [-0.05, 0) is 50.6 Å². The van der Waals surface area contributed by atoms with Crippen LogP contribution in [-0.2, 0) is 10.0 Å². The van der Waals surface area contributed by atoms with Gasteiger partial charge in [0.05, 0.1) is 17.1 Å². The van der Waals surface area contributed by atoms with E-state index in [-0.39, 0.29) is 16.5 Å². The summed E-state index contributed by atoms with van der Waals surface area (Å²) in [6.07, 6.45) is 4.07. The van der Waals surface area contributed by atoms with Crippen molar-refractivity contribution in [1.29, 1.82) is 0 Å². The first kappa shape index (κ1) is 20.4. The summed E-state index contributed by atoms with van der Waals surface area (Å²) < 4.78 is 33.5. The van der Waals surface area contributed by atoms with E-state index in [1.165, 1.54) is 18.2 Å². The summed E-state index contributed by atoms with van der Waals surface area (Å²) >= 11 is 0. The average molecular weight is 381 g/mol. The fourth-order valence-electron chi connectivity index (χ4n) is 2.91. The van der Waals surface area contributed by atoms with E-state index in [0.717, 1.165) is 38.9 Å². The number of hydrogen-bond donors (Lipinski definition) is 2. The molecule has 0 aromatic heterocycles. The Labute approximate surface area is 155 Å². The molecule has 1 aromatic carbocycles. The van der Waals surface area contributed by atoms with Crippen molar-refractivity contribution in [3.8, 4) is 5.75 Å². The van der Waals surface area contributed by atoms with Gasteiger partial charge in [-0.15, -0.1) is 6.58 Å². The summed E-state index contributed by atoms with van der Waals surface area (Å²) in [5.41, 5.74) is 5.45. The average Bonchev–Trinajstić information content (AvgIpc) is 2.61. The molecule has 1 aliphatic rings. The third-order valence-electron chi connectivity index (χ3n) is 4.29. The minimum absolute atomic E-state index is 0.0173. The fourth-order valence-corrected chi connectivity index (χ4v) is 4.24.